The zero-order valence-corrected chi connectivity index (χ0v) is 10.3. The summed E-state index contributed by atoms with van der Waals surface area (Å²) < 4.78 is 1.90. The van der Waals surface area contributed by atoms with Crippen molar-refractivity contribution in [1.29, 1.82) is 0 Å². The van der Waals surface area contributed by atoms with Crippen molar-refractivity contribution in [3.8, 4) is 0 Å². The van der Waals surface area contributed by atoms with Crippen LogP contribution in [0.15, 0.2) is 67.1 Å². The first kappa shape index (κ1) is 11.4. The highest BCUT2D eigenvalue weighted by Gasteiger charge is 1.96. The van der Waals surface area contributed by atoms with Crippen molar-refractivity contribution in [1.82, 2.24) is 14.4 Å². The summed E-state index contributed by atoms with van der Waals surface area (Å²) in [7, 11) is 0. The van der Waals surface area contributed by atoms with Gasteiger partial charge in [0, 0.05) is 18.6 Å². The van der Waals surface area contributed by atoms with Gasteiger partial charge < -0.3 is 0 Å². The molecule has 0 bridgehead atoms. The molecular weight excluding hydrogens is 234 g/mol. The SMILES string of the molecule is C(/C=C/c1cn2cccnc2n1)=C\c1ccccc1. The molecule has 2 heterocycles. The quantitative estimate of drug-likeness (QED) is 0.663. The third-order valence-corrected chi connectivity index (χ3v) is 2.72. The summed E-state index contributed by atoms with van der Waals surface area (Å²) in [6, 6.07) is 12.1. The van der Waals surface area contributed by atoms with Gasteiger partial charge in [0.25, 0.3) is 0 Å². The fourth-order valence-corrected chi connectivity index (χ4v) is 1.81. The maximum Gasteiger partial charge on any atom is 0.234 e. The molecule has 0 N–H and O–H groups in total. The first-order chi connectivity index (χ1) is 9.42. The van der Waals surface area contributed by atoms with E-state index in [0.717, 1.165) is 5.69 Å². The standard InChI is InChI=1S/C16H13N3/c1-2-7-14(8-3-1)9-4-5-10-15-13-19-12-6-11-17-16(19)18-15/h1-13H/b9-4+,10-5+. The Morgan fingerprint density at radius 1 is 0.947 bits per heavy atom. The second-order valence-corrected chi connectivity index (χ2v) is 4.12. The van der Waals surface area contributed by atoms with Gasteiger partial charge in [0.1, 0.15) is 0 Å². The van der Waals surface area contributed by atoms with Crippen LogP contribution in [0.2, 0.25) is 0 Å². The van der Waals surface area contributed by atoms with Gasteiger partial charge in [-0.1, -0.05) is 48.6 Å². The van der Waals surface area contributed by atoms with Crippen molar-refractivity contribution < 1.29 is 0 Å². The normalized spacial score (nSPS) is 11.8. The van der Waals surface area contributed by atoms with E-state index in [-0.39, 0.29) is 0 Å². The van der Waals surface area contributed by atoms with Crippen LogP contribution >= 0.6 is 0 Å². The van der Waals surface area contributed by atoms with Crippen LogP contribution in [0, 0.1) is 0 Å². The van der Waals surface area contributed by atoms with E-state index in [1.165, 1.54) is 5.56 Å². The molecule has 0 aliphatic heterocycles. The number of rotatable bonds is 3. The first-order valence-electron chi connectivity index (χ1n) is 6.11. The van der Waals surface area contributed by atoms with Gasteiger partial charge in [-0.2, -0.15) is 0 Å². The lowest BCUT2D eigenvalue weighted by Crippen LogP contribution is -1.82. The van der Waals surface area contributed by atoms with Crippen LogP contribution in [0.25, 0.3) is 17.9 Å². The van der Waals surface area contributed by atoms with Gasteiger partial charge in [-0.25, -0.2) is 9.97 Å². The molecule has 0 atom stereocenters. The van der Waals surface area contributed by atoms with Gasteiger partial charge in [0.05, 0.1) is 5.69 Å². The molecule has 3 aromatic rings. The fourth-order valence-electron chi connectivity index (χ4n) is 1.81. The highest BCUT2D eigenvalue weighted by Crippen LogP contribution is 2.05. The van der Waals surface area contributed by atoms with E-state index in [9.17, 15) is 0 Å². The van der Waals surface area contributed by atoms with Crippen LogP contribution in [-0.4, -0.2) is 14.4 Å². The van der Waals surface area contributed by atoms with E-state index < -0.39 is 0 Å². The zero-order chi connectivity index (χ0) is 12.9. The van der Waals surface area contributed by atoms with Crippen LogP contribution in [0.3, 0.4) is 0 Å². The van der Waals surface area contributed by atoms with Gasteiger partial charge in [-0.3, -0.25) is 4.40 Å². The number of imidazole rings is 1. The molecular formula is C16H13N3. The summed E-state index contributed by atoms with van der Waals surface area (Å²) in [4.78, 5) is 8.57. The number of aromatic nitrogens is 3. The topological polar surface area (TPSA) is 30.2 Å². The van der Waals surface area contributed by atoms with E-state index in [1.807, 2.05) is 59.3 Å². The maximum atomic E-state index is 4.39. The van der Waals surface area contributed by atoms with Crippen molar-refractivity contribution in [2.45, 2.75) is 0 Å². The summed E-state index contributed by atoms with van der Waals surface area (Å²) in [6.07, 6.45) is 13.6. The van der Waals surface area contributed by atoms with Crippen LogP contribution in [0.5, 0.6) is 0 Å². The molecule has 3 nitrogen and oxygen atoms in total. The van der Waals surface area contributed by atoms with Gasteiger partial charge >= 0.3 is 0 Å². The highest BCUT2D eigenvalue weighted by atomic mass is 15.1. The Kier molecular flexibility index (Phi) is 3.19. The second kappa shape index (κ2) is 5.31. The third-order valence-electron chi connectivity index (χ3n) is 2.72. The molecule has 0 radical (unpaired) electrons. The van der Waals surface area contributed by atoms with Crippen LogP contribution in [0.1, 0.15) is 11.3 Å². The Morgan fingerprint density at radius 2 is 1.79 bits per heavy atom. The van der Waals surface area contributed by atoms with Gasteiger partial charge in [0.15, 0.2) is 0 Å². The average Bonchev–Trinajstić information content (AvgIpc) is 2.87. The minimum atomic E-state index is 0.717. The van der Waals surface area contributed by atoms with Crippen molar-refractivity contribution in [2.24, 2.45) is 0 Å². The smallest absolute Gasteiger partial charge is 0.234 e. The number of allylic oxidation sites excluding steroid dienone is 2. The van der Waals surface area contributed by atoms with E-state index in [4.69, 9.17) is 0 Å². The maximum absolute atomic E-state index is 4.39. The Labute approximate surface area is 111 Å². The Bertz CT molecular complexity index is 691. The van der Waals surface area contributed by atoms with E-state index in [2.05, 4.69) is 28.2 Å². The largest absolute Gasteiger partial charge is 0.291 e. The van der Waals surface area contributed by atoms with Crippen molar-refractivity contribution in [3.63, 3.8) is 0 Å². The molecule has 0 fully saturated rings. The summed E-state index contributed by atoms with van der Waals surface area (Å²) in [6.45, 7) is 0. The van der Waals surface area contributed by atoms with Crippen LogP contribution in [0.4, 0.5) is 0 Å². The van der Waals surface area contributed by atoms with Crippen LogP contribution < -0.4 is 0 Å². The Balaban J connectivity index is 1.74. The minimum Gasteiger partial charge on any atom is -0.291 e. The van der Waals surface area contributed by atoms with E-state index in [0.29, 0.717) is 5.78 Å². The molecule has 0 spiro atoms. The van der Waals surface area contributed by atoms with Crippen LogP contribution in [-0.2, 0) is 0 Å². The van der Waals surface area contributed by atoms with E-state index in [1.54, 1.807) is 6.20 Å². The lowest BCUT2D eigenvalue weighted by atomic mass is 10.2. The molecule has 3 rings (SSSR count). The molecule has 19 heavy (non-hydrogen) atoms. The number of fused-ring (bicyclic) bond motifs is 1. The number of hydrogen-bond donors (Lipinski definition) is 0. The summed E-state index contributed by atoms with van der Waals surface area (Å²) in [5, 5.41) is 0. The predicted molar refractivity (Wildman–Crippen MR) is 77.5 cm³/mol. The van der Waals surface area contributed by atoms with Gasteiger partial charge in [0.2, 0.25) is 5.78 Å². The molecule has 3 heteroatoms. The summed E-state index contributed by atoms with van der Waals surface area (Å²) >= 11 is 0. The lowest BCUT2D eigenvalue weighted by Gasteiger charge is -1.88. The van der Waals surface area contributed by atoms with Gasteiger partial charge in [-0.15, -0.1) is 0 Å². The number of nitrogens with zero attached hydrogens (tertiary/aromatic N) is 3. The molecule has 1 aromatic carbocycles. The zero-order valence-electron chi connectivity index (χ0n) is 10.3. The van der Waals surface area contributed by atoms with E-state index >= 15 is 0 Å². The Morgan fingerprint density at radius 3 is 2.63 bits per heavy atom. The monoisotopic (exact) mass is 247 g/mol. The molecule has 0 aliphatic rings. The summed E-state index contributed by atoms with van der Waals surface area (Å²) in [5.41, 5.74) is 2.08. The summed E-state index contributed by atoms with van der Waals surface area (Å²) in [5.74, 6) is 0.717. The third kappa shape index (κ3) is 2.77. The average molecular weight is 247 g/mol. The predicted octanol–water partition coefficient (Wildman–Crippen LogP) is 3.46. The lowest BCUT2D eigenvalue weighted by molar-refractivity contribution is 1.11. The first-order valence-corrected chi connectivity index (χ1v) is 6.11. The fraction of sp³-hybridized carbons (Fsp3) is 0. The van der Waals surface area contributed by atoms with Crippen molar-refractivity contribution in [3.05, 3.63) is 78.4 Å². The molecule has 0 saturated heterocycles. The highest BCUT2D eigenvalue weighted by molar-refractivity contribution is 5.56. The number of benzene rings is 1. The van der Waals surface area contributed by atoms with Crippen molar-refractivity contribution in [2.75, 3.05) is 0 Å². The molecule has 0 saturated carbocycles. The minimum absolute atomic E-state index is 0.717. The van der Waals surface area contributed by atoms with Gasteiger partial charge in [-0.05, 0) is 17.7 Å². The molecule has 92 valence electrons. The number of hydrogen-bond acceptors (Lipinski definition) is 2. The molecule has 0 amide bonds. The molecule has 2 aromatic heterocycles. The molecule has 0 aliphatic carbocycles. The second-order valence-electron chi connectivity index (χ2n) is 4.12. The Hall–Kier alpha value is -2.68. The van der Waals surface area contributed by atoms with Crippen molar-refractivity contribution >= 4 is 17.9 Å². The molecule has 0 unspecified atom stereocenters.